The zero-order valence-electron chi connectivity index (χ0n) is 18.1. The summed E-state index contributed by atoms with van der Waals surface area (Å²) in [5, 5.41) is 3.81. The minimum atomic E-state index is -0.641. The molecule has 1 fully saturated rings. The second kappa shape index (κ2) is 9.66. The lowest BCUT2D eigenvalue weighted by Crippen LogP contribution is -2.41. The topological polar surface area (TPSA) is 56.8 Å². The van der Waals surface area contributed by atoms with Gasteiger partial charge in [-0.1, -0.05) is 59.6 Å². The van der Waals surface area contributed by atoms with Crippen LogP contribution in [-0.2, 0) is 20.7 Å². The summed E-state index contributed by atoms with van der Waals surface area (Å²) in [7, 11) is -0.641. The van der Waals surface area contributed by atoms with Gasteiger partial charge in [0.15, 0.2) is 0 Å². The third-order valence-corrected chi connectivity index (χ3v) is 5.88. The van der Waals surface area contributed by atoms with Crippen molar-refractivity contribution >= 4 is 42.5 Å². The Morgan fingerprint density at radius 1 is 1.03 bits per heavy atom. The van der Waals surface area contributed by atoms with Crippen molar-refractivity contribution in [3.8, 4) is 0 Å². The SMILES string of the molecule is CC1(C)OB(C(=Cc2cc(Cl)cc(Cl)c2)CNC(=O)OCc2ccccc2)OC1(C)C. The Bertz CT molecular complexity index is 927. The average molecular weight is 462 g/mol. The second-order valence-corrected chi connectivity index (χ2v) is 9.30. The molecule has 1 amide bonds. The monoisotopic (exact) mass is 461 g/mol. The maximum absolute atomic E-state index is 12.3. The number of benzene rings is 2. The molecule has 2 aromatic carbocycles. The molecule has 1 saturated heterocycles. The molecule has 1 aliphatic rings. The van der Waals surface area contributed by atoms with Gasteiger partial charge in [0.05, 0.1) is 11.2 Å². The van der Waals surface area contributed by atoms with Gasteiger partial charge < -0.3 is 19.4 Å². The van der Waals surface area contributed by atoms with Gasteiger partial charge in [-0.2, -0.15) is 0 Å². The summed E-state index contributed by atoms with van der Waals surface area (Å²) < 4.78 is 17.7. The maximum atomic E-state index is 12.3. The molecule has 8 heteroatoms. The van der Waals surface area contributed by atoms with E-state index in [0.717, 1.165) is 11.1 Å². The van der Waals surface area contributed by atoms with Gasteiger partial charge >= 0.3 is 13.2 Å². The first kappa shape index (κ1) is 23.7. The molecule has 164 valence electrons. The molecule has 0 radical (unpaired) electrons. The van der Waals surface area contributed by atoms with Gasteiger partial charge in [0.2, 0.25) is 0 Å². The molecule has 0 unspecified atom stereocenters. The summed E-state index contributed by atoms with van der Waals surface area (Å²) in [4.78, 5) is 12.3. The van der Waals surface area contributed by atoms with Gasteiger partial charge in [0.25, 0.3) is 0 Å². The number of alkyl carbamates (subject to hydrolysis) is 1. The molecule has 0 aromatic heterocycles. The number of halogens is 2. The quantitative estimate of drug-likeness (QED) is 0.541. The Morgan fingerprint density at radius 3 is 2.19 bits per heavy atom. The zero-order valence-corrected chi connectivity index (χ0v) is 19.6. The van der Waals surface area contributed by atoms with Crippen LogP contribution in [0.25, 0.3) is 6.08 Å². The van der Waals surface area contributed by atoms with Crippen molar-refractivity contribution < 1.29 is 18.8 Å². The van der Waals surface area contributed by atoms with E-state index in [9.17, 15) is 4.79 Å². The number of carbonyl (C=O) groups excluding carboxylic acids is 1. The van der Waals surface area contributed by atoms with E-state index in [4.69, 9.17) is 37.2 Å². The fourth-order valence-electron chi connectivity index (χ4n) is 3.02. The Morgan fingerprint density at radius 2 is 1.61 bits per heavy atom. The minimum absolute atomic E-state index is 0.175. The van der Waals surface area contributed by atoms with E-state index in [2.05, 4.69) is 5.32 Å². The molecule has 31 heavy (non-hydrogen) atoms. The lowest BCUT2D eigenvalue weighted by molar-refractivity contribution is 0.00578. The molecule has 0 atom stereocenters. The number of hydrogen-bond donors (Lipinski definition) is 1. The van der Waals surface area contributed by atoms with E-state index in [0.29, 0.717) is 15.5 Å². The van der Waals surface area contributed by atoms with Crippen molar-refractivity contribution in [1.82, 2.24) is 5.32 Å². The molecule has 3 rings (SSSR count). The third kappa shape index (κ3) is 6.26. The van der Waals surface area contributed by atoms with E-state index in [-0.39, 0.29) is 13.2 Å². The van der Waals surface area contributed by atoms with E-state index in [1.54, 1.807) is 18.2 Å². The van der Waals surface area contributed by atoms with Crippen LogP contribution in [0.5, 0.6) is 0 Å². The van der Waals surface area contributed by atoms with Crippen molar-refractivity contribution in [2.24, 2.45) is 0 Å². The maximum Gasteiger partial charge on any atom is 0.492 e. The number of ether oxygens (including phenoxy) is 1. The number of carbonyl (C=O) groups is 1. The lowest BCUT2D eigenvalue weighted by Gasteiger charge is -2.32. The molecule has 1 N–H and O–H groups in total. The standard InChI is InChI=1S/C23H26BCl2NO4/c1-22(2)23(3,4)31-24(30-22)18(10-17-11-19(25)13-20(26)12-17)14-27-21(28)29-15-16-8-6-5-7-9-16/h5-13H,14-15H2,1-4H3,(H,27,28). The van der Waals surface area contributed by atoms with E-state index >= 15 is 0 Å². The molecule has 5 nitrogen and oxygen atoms in total. The molecule has 1 heterocycles. The summed E-state index contributed by atoms with van der Waals surface area (Å²) in [5.74, 6) is 0. The van der Waals surface area contributed by atoms with Crippen LogP contribution in [0.3, 0.4) is 0 Å². The van der Waals surface area contributed by atoms with E-state index in [1.165, 1.54) is 0 Å². The highest BCUT2D eigenvalue weighted by Crippen LogP contribution is 2.39. The van der Waals surface area contributed by atoms with Gasteiger partial charge in [0, 0.05) is 16.6 Å². The number of amides is 1. The highest BCUT2D eigenvalue weighted by Gasteiger charge is 2.52. The molecular weight excluding hydrogens is 436 g/mol. The zero-order chi connectivity index (χ0) is 22.6. The molecule has 2 aromatic rings. The van der Waals surface area contributed by atoms with Crippen LogP contribution in [0.1, 0.15) is 38.8 Å². The summed E-state index contributed by atoms with van der Waals surface area (Å²) in [5.41, 5.74) is 1.37. The van der Waals surface area contributed by atoms with Crippen molar-refractivity contribution in [3.63, 3.8) is 0 Å². The summed E-state index contributed by atoms with van der Waals surface area (Å²) in [6.45, 7) is 8.26. The van der Waals surface area contributed by atoms with Gasteiger partial charge in [-0.25, -0.2) is 4.79 Å². The van der Waals surface area contributed by atoms with Crippen LogP contribution in [0.15, 0.2) is 54.0 Å². The molecular formula is C23H26BCl2NO4. The first-order valence-electron chi connectivity index (χ1n) is 10.0. The summed E-state index contributed by atoms with van der Waals surface area (Å²) in [6.07, 6.45) is 1.33. The van der Waals surface area contributed by atoms with Crippen LogP contribution < -0.4 is 5.32 Å². The first-order chi connectivity index (χ1) is 14.6. The fourth-order valence-corrected chi connectivity index (χ4v) is 3.56. The van der Waals surface area contributed by atoms with Crippen LogP contribution >= 0.6 is 23.2 Å². The lowest BCUT2D eigenvalue weighted by atomic mass is 9.77. The van der Waals surface area contributed by atoms with Crippen LogP contribution in [0, 0.1) is 0 Å². The van der Waals surface area contributed by atoms with Gasteiger partial charge in [0.1, 0.15) is 6.61 Å². The Kier molecular flexibility index (Phi) is 7.37. The average Bonchev–Trinajstić information content (AvgIpc) is 2.90. The number of rotatable bonds is 6. The van der Waals surface area contributed by atoms with E-state index in [1.807, 2.05) is 64.1 Å². The normalized spacial score (nSPS) is 17.5. The smallest absolute Gasteiger partial charge is 0.445 e. The molecule has 0 aliphatic carbocycles. The Labute approximate surface area is 193 Å². The van der Waals surface area contributed by atoms with Crippen LogP contribution in [0.4, 0.5) is 4.79 Å². The third-order valence-electron chi connectivity index (χ3n) is 5.44. The molecule has 0 saturated carbocycles. The molecule has 1 aliphatic heterocycles. The number of hydrogen-bond acceptors (Lipinski definition) is 4. The predicted octanol–water partition coefficient (Wildman–Crippen LogP) is 5.93. The Hall–Kier alpha value is -1.99. The summed E-state index contributed by atoms with van der Waals surface area (Å²) in [6, 6.07) is 14.7. The van der Waals surface area contributed by atoms with Crippen LogP contribution in [0.2, 0.25) is 10.0 Å². The Balaban J connectivity index is 1.74. The van der Waals surface area contributed by atoms with Gasteiger partial charge in [-0.05, 0) is 62.5 Å². The van der Waals surface area contributed by atoms with Crippen molar-refractivity contribution in [3.05, 3.63) is 75.2 Å². The first-order valence-corrected chi connectivity index (χ1v) is 10.8. The fraction of sp³-hybridized carbons (Fsp3) is 0.348. The van der Waals surface area contributed by atoms with Gasteiger partial charge in [-0.3, -0.25) is 0 Å². The minimum Gasteiger partial charge on any atom is -0.445 e. The molecule has 0 bridgehead atoms. The predicted molar refractivity (Wildman–Crippen MR) is 125 cm³/mol. The summed E-state index contributed by atoms with van der Waals surface area (Å²) >= 11 is 12.3. The molecule has 0 spiro atoms. The number of nitrogens with one attached hydrogen (secondary N) is 1. The second-order valence-electron chi connectivity index (χ2n) is 8.43. The van der Waals surface area contributed by atoms with Crippen molar-refractivity contribution in [2.75, 3.05) is 6.54 Å². The van der Waals surface area contributed by atoms with Crippen molar-refractivity contribution in [2.45, 2.75) is 45.5 Å². The highest BCUT2D eigenvalue weighted by atomic mass is 35.5. The largest absolute Gasteiger partial charge is 0.492 e. The van der Waals surface area contributed by atoms with Crippen molar-refractivity contribution in [1.29, 1.82) is 0 Å². The van der Waals surface area contributed by atoms with Gasteiger partial charge in [-0.15, -0.1) is 0 Å². The van der Waals surface area contributed by atoms with E-state index < -0.39 is 24.4 Å². The highest BCUT2D eigenvalue weighted by molar-refractivity contribution is 6.56. The van der Waals surface area contributed by atoms with Crippen LogP contribution in [-0.4, -0.2) is 31.0 Å².